The van der Waals surface area contributed by atoms with Crippen LogP contribution >= 0.6 is 11.8 Å². The molecule has 0 spiro atoms. The van der Waals surface area contributed by atoms with E-state index in [-0.39, 0.29) is 0 Å². The summed E-state index contributed by atoms with van der Waals surface area (Å²) in [6, 6.07) is 14.5. The van der Waals surface area contributed by atoms with Crippen molar-refractivity contribution in [2.45, 2.75) is 25.2 Å². The topological polar surface area (TPSA) is 73.8 Å². The maximum absolute atomic E-state index is 10.1. The van der Waals surface area contributed by atoms with Crippen molar-refractivity contribution in [1.29, 1.82) is 0 Å². The number of rotatable bonds is 6. The van der Waals surface area contributed by atoms with E-state index >= 15 is 0 Å². The van der Waals surface area contributed by atoms with Crippen molar-refractivity contribution >= 4 is 17.4 Å². The van der Waals surface area contributed by atoms with Crippen molar-refractivity contribution in [2.24, 2.45) is 0 Å². The fourth-order valence-electron chi connectivity index (χ4n) is 2.66. The Morgan fingerprint density at radius 3 is 2.46 bits per heavy atom. The number of aliphatic hydroxyl groups is 1. The molecule has 0 saturated heterocycles. The predicted octanol–water partition coefficient (Wildman–Crippen LogP) is 3.61. The van der Waals surface area contributed by atoms with Crippen LogP contribution < -0.4 is 5.32 Å². The third-order valence-corrected chi connectivity index (χ3v) is 4.72. The summed E-state index contributed by atoms with van der Waals surface area (Å²) in [5, 5.41) is 21.4. The van der Waals surface area contributed by atoms with E-state index < -0.39 is 6.23 Å². The lowest BCUT2D eigenvalue weighted by atomic mass is 9.96. The second-order valence-electron chi connectivity index (χ2n) is 5.61. The summed E-state index contributed by atoms with van der Waals surface area (Å²) in [6.07, 6.45) is 0.861. The Morgan fingerprint density at radius 2 is 1.83 bits per heavy atom. The third-order valence-electron chi connectivity index (χ3n) is 3.76. The minimum Gasteiger partial charge on any atom is -0.373 e. The quantitative estimate of drug-likeness (QED) is 0.472. The van der Waals surface area contributed by atoms with Crippen LogP contribution in [-0.4, -0.2) is 32.3 Å². The minimum atomic E-state index is -0.661. The first-order valence-corrected chi connectivity index (χ1v) is 8.72. The molecule has 2 aromatic carbocycles. The average molecular weight is 340 g/mol. The molecule has 24 heavy (non-hydrogen) atoms. The highest BCUT2D eigenvalue weighted by Crippen LogP contribution is 2.28. The number of benzene rings is 2. The standard InChI is InChI=1S/C18H20N4OS/c1-12-4-3-5-13(2)17(12)14-6-8-15(9-7-14)21-16(23)10-24-18-19-11-20-22-18/h3-9,11,16,21,23H,10H2,1-2H3,(H,19,20,22). The number of aryl methyl sites for hydroxylation is 2. The Morgan fingerprint density at radius 1 is 1.12 bits per heavy atom. The van der Waals surface area contributed by atoms with Crippen molar-refractivity contribution in [3.63, 3.8) is 0 Å². The van der Waals surface area contributed by atoms with E-state index in [1.54, 1.807) is 0 Å². The number of hydrogen-bond donors (Lipinski definition) is 3. The molecule has 1 heterocycles. The average Bonchev–Trinajstić information content (AvgIpc) is 3.08. The zero-order valence-corrected chi connectivity index (χ0v) is 14.5. The second kappa shape index (κ2) is 7.51. The molecule has 6 heteroatoms. The lowest BCUT2D eigenvalue weighted by molar-refractivity contribution is 0.229. The Hall–Kier alpha value is -2.31. The lowest BCUT2D eigenvalue weighted by Gasteiger charge is -2.14. The van der Waals surface area contributed by atoms with E-state index in [0.717, 1.165) is 5.69 Å². The molecule has 3 N–H and O–H groups in total. The Labute approximate surface area is 145 Å². The van der Waals surface area contributed by atoms with Crippen molar-refractivity contribution in [2.75, 3.05) is 11.1 Å². The molecule has 1 aromatic heterocycles. The second-order valence-corrected chi connectivity index (χ2v) is 6.62. The van der Waals surface area contributed by atoms with Crippen molar-refractivity contribution in [3.8, 4) is 11.1 Å². The third kappa shape index (κ3) is 3.96. The molecule has 0 fully saturated rings. The molecule has 124 valence electrons. The lowest BCUT2D eigenvalue weighted by Crippen LogP contribution is -2.21. The van der Waals surface area contributed by atoms with Crippen molar-refractivity contribution in [1.82, 2.24) is 15.2 Å². The van der Waals surface area contributed by atoms with Crippen LogP contribution in [0.25, 0.3) is 11.1 Å². The summed E-state index contributed by atoms with van der Waals surface area (Å²) < 4.78 is 0. The Balaban J connectivity index is 1.64. The Kier molecular flexibility index (Phi) is 5.17. The molecule has 0 radical (unpaired) electrons. The molecule has 0 bridgehead atoms. The molecule has 0 saturated carbocycles. The van der Waals surface area contributed by atoms with Gasteiger partial charge in [0.15, 0.2) is 5.16 Å². The molecule has 3 rings (SSSR count). The fourth-order valence-corrected chi connectivity index (χ4v) is 3.30. The molecule has 1 unspecified atom stereocenters. The van der Waals surface area contributed by atoms with Gasteiger partial charge in [-0.1, -0.05) is 42.1 Å². The van der Waals surface area contributed by atoms with Crippen LogP contribution in [0.1, 0.15) is 11.1 Å². The van der Waals surface area contributed by atoms with Crippen molar-refractivity contribution < 1.29 is 5.11 Å². The molecular weight excluding hydrogens is 320 g/mol. The maximum Gasteiger partial charge on any atom is 0.188 e. The first kappa shape index (κ1) is 16.5. The summed E-state index contributed by atoms with van der Waals surface area (Å²) in [6.45, 7) is 4.25. The van der Waals surface area contributed by atoms with Gasteiger partial charge in [0, 0.05) is 11.4 Å². The van der Waals surface area contributed by atoms with Gasteiger partial charge in [-0.25, -0.2) is 0 Å². The number of anilines is 1. The normalized spacial score (nSPS) is 12.1. The van der Waals surface area contributed by atoms with Gasteiger partial charge in [-0.2, -0.15) is 0 Å². The highest BCUT2D eigenvalue weighted by atomic mass is 32.2. The van der Waals surface area contributed by atoms with E-state index in [9.17, 15) is 5.11 Å². The molecule has 5 nitrogen and oxygen atoms in total. The first-order valence-electron chi connectivity index (χ1n) is 7.73. The number of hydrogen-bond acceptors (Lipinski definition) is 5. The highest BCUT2D eigenvalue weighted by molar-refractivity contribution is 7.99. The summed E-state index contributed by atoms with van der Waals surface area (Å²) in [5.41, 5.74) is 5.86. The number of thioether (sulfide) groups is 1. The summed E-state index contributed by atoms with van der Waals surface area (Å²) in [5.74, 6) is 0.480. The van der Waals surface area contributed by atoms with Gasteiger partial charge in [0.2, 0.25) is 0 Å². The smallest absolute Gasteiger partial charge is 0.188 e. The number of H-pyrrole nitrogens is 1. The van der Waals surface area contributed by atoms with Gasteiger partial charge < -0.3 is 15.4 Å². The van der Waals surface area contributed by atoms with Gasteiger partial charge in [-0.15, -0.1) is 10.2 Å². The van der Waals surface area contributed by atoms with Gasteiger partial charge in [0.25, 0.3) is 0 Å². The van der Waals surface area contributed by atoms with Crippen molar-refractivity contribution in [3.05, 3.63) is 59.9 Å². The van der Waals surface area contributed by atoms with Crippen LogP contribution in [0, 0.1) is 13.8 Å². The molecule has 3 aromatic rings. The van der Waals surface area contributed by atoms with Crippen LogP contribution in [0.5, 0.6) is 0 Å². The summed E-state index contributed by atoms with van der Waals surface area (Å²) in [4.78, 5) is 2.89. The number of aromatic nitrogens is 3. The number of aliphatic hydroxyl groups excluding tert-OH is 1. The summed E-state index contributed by atoms with van der Waals surface area (Å²) in [7, 11) is 0. The molecule has 0 aliphatic heterocycles. The zero-order chi connectivity index (χ0) is 16.9. The van der Waals surface area contributed by atoms with E-state index in [4.69, 9.17) is 0 Å². The van der Waals surface area contributed by atoms with Crippen LogP contribution in [0.2, 0.25) is 0 Å². The van der Waals surface area contributed by atoms with Gasteiger partial charge in [-0.3, -0.25) is 0 Å². The molecule has 0 aliphatic carbocycles. The molecule has 0 aliphatic rings. The molecule has 1 atom stereocenters. The molecule has 0 amide bonds. The minimum absolute atomic E-state index is 0.480. The van der Waals surface area contributed by atoms with E-state index in [2.05, 4.69) is 64.7 Å². The van der Waals surface area contributed by atoms with Gasteiger partial charge in [0.1, 0.15) is 12.6 Å². The first-order chi connectivity index (χ1) is 11.6. The van der Waals surface area contributed by atoms with Crippen LogP contribution in [0.3, 0.4) is 0 Å². The van der Waals surface area contributed by atoms with Crippen LogP contribution in [-0.2, 0) is 0 Å². The maximum atomic E-state index is 10.1. The number of aromatic amines is 1. The zero-order valence-electron chi connectivity index (χ0n) is 13.7. The van der Waals surface area contributed by atoms with E-state index in [1.165, 1.54) is 40.3 Å². The summed E-state index contributed by atoms with van der Waals surface area (Å²) >= 11 is 1.42. The fraction of sp³-hybridized carbons (Fsp3) is 0.222. The van der Waals surface area contributed by atoms with E-state index in [1.807, 2.05) is 12.1 Å². The molecular formula is C18H20N4OS. The Bertz CT molecular complexity index is 767. The SMILES string of the molecule is Cc1cccc(C)c1-c1ccc(NC(O)CSc2nnc[nH]2)cc1. The number of nitrogens with one attached hydrogen (secondary N) is 2. The van der Waals surface area contributed by atoms with Gasteiger partial charge in [-0.05, 0) is 48.2 Å². The van der Waals surface area contributed by atoms with Crippen LogP contribution in [0.4, 0.5) is 5.69 Å². The van der Waals surface area contributed by atoms with Crippen LogP contribution in [0.15, 0.2) is 53.9 Å². The predicted molar refractivity (Wildman–Crippen MR) is 98.1 cm³/mol. The largest absolute Gasteiger partial charge is 0.373 e. The van der Waals surface area contributed by atoms with E-state index in [0.29, 0.717) is 10.9 Å². The van der Waals surface area contributed by atoms with Gasteiger partial charge >= 0.3 is 0 Å². The van der Waals surface area contributed by atoms with Gasteiger partial charge in [0.05, 0.1) is 0 Å². The highest BCUT2D eigenvalue weighted by Gasteiger charge is 2.08. The number of nitrogens with zero attached hydrogens (tertiary/aromatic N) is 2. The monoisotopic (exact) mass is 340 g/mol.